The van der Waals surface area contributed by atoms with Gasteiger partial charge in [-0.25, -0.2) is 0 Å². The molecule has 8 heteroatoms. The molecule has 3 amide bonds. The molecule has 0 saturated carbocycles. The van der Waals surface area contributed by atoms with Gasteiger partial charge in [-0.2, -0.15) is 0 Å². The summed E-state index contributed by atoms with van der Waals surface area (Å²) < 4.78 is 5.03. The lowest BCUT2D eigenvalue weighted by Crippen LogP contribution is -2.33. The van der Waals surface area contributed by atoms with Gasteiger partial charge in [-0.05, 0) is 29.8 Å². The van der Waals surface area contributed by atoms with Gasteiger partial charge in [-0.3, -0.25) is 24.1 Å². The van der Waals surface area contributed by atoms with Crippen molar-refractivity contribution in [1.29, 1.82) is 0 Å². The molecule has 0 unspecified atom stereocenters. The van der Waals surface area contributed by atoms with E-state index < -0.39 is 24.4 Å². The summed E-state index contributed by atoms with van der Waals surface area (Å²) in [6.45, 7) is -0.0974. The highest BCUT2D eigenvalue weighted by atomic mass is 16.5. The molecule has 0 bridgehead atoms. The Morgan fingerprint density at radius 3 is 2.03 bits per heavy atom. The number of benzene rings is 2. The minimum absolute atomic E-state index is 0.0898. The minimum atomic E-state index is -0.645. The predicted molar refractivity (Wildman–Crippen MR) is 115 cm³/mol. The molecule has 0 atom stereocenters. The average molecular weight is 423 g/mol. The Bertz CT molecular complexity index is 966. The maximum absolute atomic E-state index is 12.3. The number of likely N-dealkylation sites (N-methyl/N-ethyl adjacent to an activating group) is 1. The standard InChI is InChI=1S/C23H25N3O5/c1-24(2)17-10-8-16(9-11-17)14-25(3)20(27)15-31-21(28)12-13-26-22(29)18-6-4-5-7-19(18)23(26)30/h4-11H,12-15H2,1-3H3. The quantitative estimate of drug-likeness (QED) is 0.476. The van der Waals surface area contributed by atoms with Crippen LogP contribution < -0.4 is 4.90 Å². The maximum Gasteiger partial charge on any atom is 0.308 e. The number of carbonyl (C=O) groups excluding carboxylic acids is 4. The monoisotopic (exact) mass is 423 g/mol. The molecule has 1 aliphatic heterocycles. The van der Waals surface area contributed by atoms with E-state index in [2.05, 4.69) is 0 Å². The van der Waals surface area contributed by atoms with Gasteiger partial charge in [-0.1, -0.05) is 24.3 Å². The van der Waals surface area contributed by atoms with E-state index in [-0.39, 0.29) is 18.9 Å². The molecule has 1 aliphatic rings. The van der Waals surface area contributed by atoms with E-state index in [1.807, 2.05) is 43.3 Å². The largest absolute Gasteiger partial charge is 0.456 e. The van der Waals surface area contributed by atoms with Crippen molar-refractivity contribution in [1.82, 2.24) is 9.80 Å². The third-order valence-corrected chi connectivity index (χ3v) is 5.07. The number of rotatable bonds is 8. The maximum atomic E-state index is 12.3. The van der Waals surface area contributed by atoms with Crippen LogP contribution in [0.1, 0.15) is 32.7 Å². The Kier molecular flexibility index (Phi) is 6.69. The SMILES string of the molecule is CN(Cc1ccc(N(C)C)cc1)C(=O)COC(=O)CCN1C(=O)c2ccccc2C1=O. The van der Waals surface area contributed by atoms with E-state index in [1.165, 1.54) is 4.90 Å². The first-order valence-corrected chi connectivity index (χ1v) is 9.89. The lowest BCUT2D eigenvalue weighted by Gasteiger charge is -2.18. The first kappa shape index (κ1) is 22.0. The summed E-state index contributed by atoms with van der Waals surface area (Å²) in [6.07, 6.45) is -0.172. The molecule has 1 heterocycles. The number of fused-ring (bicyclic) bond motifs is 1. The van der Waals surface area contributed by atoms with Crippen LogP contribution in [0.4, 0.5) is 5.69 Å². The van der Waals surface area contributed by atoms with Crippen LogP contribution in [0.2, 0.25) is 0 Å². The van der Waals surface area contributed by atoms with Gasteiger partial charge in [0.05, 0.1) is 17.5 Å². The molecule has 3 rings (SSSR count). The fourth-order valence-corrected chi connectivity index (χ4v) is 3.23. The normalized spacial score (nSPS) is 12.5. The second-order valence-corrected chi connectivity index (χ2v) is 7.53. The second-order valence-electron chi connectivity index (χ2n) is 7.53. The molecule has 0 saturated heterocycles. The molecular weight excluding hydrogens is 398 g/mol. The van der Waals surface area contributed by atoms with Crippen LogP contribution in [-0.4, -0.2) is 67.8 Å². The van der Waals surface area contributed by atoms with Gasteiger partial charge < -0.3 is 14.5 Å². The lowest BCUT2D eigenvalue weighted by atomic mass is 10.1. The highest BCUT2D eigenvalue weighted by Gasteiger charge is 2.35. The molecule has 2 aromatic rings. The lowest BCUT2D eigenvalue weighted by molar-refractivity contribution is -0.151. The zero-order valence-corrected chi connectivity index (χ0v) is 17.8. The first-order valence-electron chi connectivity index (χ1n) is 9.89. The van der Waals surface area contributed by atoms with Crippen LogP contribution >= 0.6 is 0 Å². The summed E-state index contributed by atoms with van der Waals surface area (Å²) in [4.78, 5) is 53.4. The third-order valence-electron chi connectivity index (χ3n) is 5.07. The summed E-state index contributed by atoms with van der Waals surface area (Å²) in [5.74, 6) is -1.84. The molecule has 2 aromatic carbocycles. The van der Waals surface area contributed by atoms with E-state index in [4.69, 9.17) is 4.74 Å². The van der Waals surface area contributed by atoms with Crippen molar-refractivity contribution < 1.29 is 23.9 Å². The Balaban J connectivity index is 1.43. The molecule has 0 aromatic heterocycles. The van der Waals surface area contributed by atoms with Crippen LogP contribution in [-0.2, 0) is 20.9 Å². The predicted octanol–water partition coefficient (Wildman–Crippen LogP) is 1.94. The van der Waals surface area contributed by atoms with Crippen molar-refractivity contribution in [2.75, 3.05) is 39.2 Å². The average Bonchev–Trinajstić information content (AvgIpc) is 3.01. The first-order chi connectivity index (χ1) is 14.8. The summed E-state index contributed by atoms with van der Waals surface area (Å²) >= 11 is 0. The Morgan fingerprint density at radius 1 is 0.903 bits per heavy atom. The van der Waals surface area contributed by atoms with Crippen LogP contribution in [0.15, 0.2) is 48.5 Å². The summed E-state index contributed by atoms with van der Waals surface area (Å²) in [6, 6.07) is 14.3. The van der Waals surface area contributed by atoms with Gasteiger partial charge in [0, 0.05) is 39.9 Å². The molecular formula is C23H25N3O5. The van der Waals surface area contributed by atoms with Crippen LogP contribution in [0.25, 0.3) is 0 Å². The van der Waals surface area contributed by atoms with Crippen molar-refractivity contribution >= 4 is 29.4 Å². The topological polar surface area (TPSA) is 87.2 Å². The molecule has 162 valence electrons. The number of anilines is 1. The Labute approximate surface area is 181 Å². The van der Waals surface area contributed by atoms with Gasteiger partial charge in [0.2, 0.25) is 0 Å². The van der Waals surface area contributed by atoms with Gasteiger partial charge in [-0.15, -0.1) is 0 Å². The summed E-state index contributed by atoms with van der Waals surface area (Å²) in [5, 5.41) is 0. The molecule has 0 aliphatic carbocycles. The zero-order valence-electron chi connectivity index (χ0n) is 17.8. The van der Waals surface area contributed by atoms with E-state index in [1.54, 1.807) is 31.3 Å². The third kappa shape index (κ3) is 5.09. The minimum Gasteiger partial charge on any atom is -0.456 e. The molecule has 0 spiro atoms. The number of hydrogen-bond donors (Lipinski definition) is 0. The molecule has 31 heavy (non-hydrogen) atoms. The van der Waals surface area contributed by atoms with Gasteiger partial charge in [0.25, 0.3) is 17.7 Å². The highest BCUT2D eigenvalue weighted by Crippen LogP contribution is 2.22. The molecule has 0 radical (unpaired) electrons. The van der Waals surface area contributed by atoms with Crippen LogP contribution in [0, 0.1) is 0 Å². The van der Waals surface area contributed by atoms with E-state index in [0.717, 1.165) is 16.2 Å². The number of imide groups is 1. The fourth-order valence-electron chi connectivity index (χ4n) is 3.23. The fraction of sp³-hybridized carbons (Fsp3) is 0.304. The van der Waals surface area contributed by atoms with Gasteiger partial charge in [0.15, 0.2) is 6.61 Å². The van der Waals surface area contributed by atoms with Crippen LogP contribution in [0.5, 0.6) is 0 Å². The van der Waals surface area contributed by atoms with Crippen LogP contribution in [0.3, 0.4) is 0 Å². The summed E-state index contributed by atoms with van der Waals surface area (Å²) in [7, 11) is 5.54. The van der Waals surface area contributed by atoms with Gasteiger partial charge >= 0.3 is 5.97 Å². The van der Waals surface area contributed by atoms with Crippen molar-refractivity contribution in [2.45, 2.75) is 13.0 Å². The number of carbonyl (C=O) groups is 4. The highest BCUT2D eigenvalue weighted by molar-refractivity contribution is 6.21. The zero-order chi connectivity index (χ0) is 22.5. The van der Waals surface area contributed by atoms with Crippen molar-refractivity contribution in [2.24, 2.45) is 0 Å². The molecule has 8 nitrogen and oxygen atoms in total. The number of nitrogens with zero attached hydrogens (tertiary/aromatic N) is 3. The van der Waals surface area contributed by atoms with E-state index in [9.17, 15) is 19.2 Å². The van der Waals surface area contributed by atoms with E-state index in [0.29, 0.717) is 17.7 Å². The second kappa shape index (κ2) is 9.42. The number of amides is 3. The molecule has 0 N–H and O–H groups in total. The summed E-state index contributed by atoms with van der Waals surface area (Å²) in [5.41, 5.74) is 2.68. The number of ether oxygens (including phenoxy) is 1. The van der Waals surface area contributed by atoms with Crippen molar-refractivity contribution in [3.63, 3.8) is 0 Å². The number of esters is 1. The van der Waals surface area contributed by atoms with Crippen molar-refractivity contribution in [3.05, 3.63) is 65.2 Å². The molecule has 0 fully saturated rings. The van der Waals surface area contributed by atoms with Gasteiger partial charge in [0.1, 0.15) is 0 Å². The Hall–Kier alpha value is -3.68. The van der Waals surface area contributed by atoms with Crippen molar-refractivity contribution in [3.8, 4) is 0 Å². The van der Waals surface area contributed by atoms with E-state index >= 15 is 0 Å². The number of hydrogen-bond acceptors (Lipinski definition) is 6. The Morgan fingerprint density at radius 2 is 1.48 bits per heavy atom. The smallest absolute Gasteiger partial charge is 0.308 e.